The van der Waals surface area contributed by atoms with Crippen LogP contribution in [0.25, 0.3) is 0 Å². The lowest BCUT2D eigenvalue weighted by Gasteiger charge is -2.09. The van der Waals surface area contributed by atoms with Gasteiger partial charge in [0.05, 0.1) is 24.4 Å². The van der Waals surface area contributed by atoms with Gasteiger partial charge in [-0.3, -0.25) is 4.79 Å². The predicted molar refractivity (Wildman–Crippen MR) is 83.2 cm³/mol. The van der Waals surface area contributed by atoms with E-state index < -0.39 is 0 Å². The van der Waals surface area contributed by atoms with Crippen molar-refractivity contribution in [3.63, 3.8) is 0 Å². The molecule has 0 fully saturated rings. The van der Waals surface area contributed by atoms with E-state index in [-0.39, 0.29) is 29.1 Å². The highest BCUT2D eigenvalue weighted by molar-refractivity contribution is 6.29. The minimum absolute atomic E-state index is 0.0597. The van der Waals surface area contributed by atoms with E-state index in [4.69, 9.17) is 22.3 Å². The van der Waals surface area contributed by atoms with Crippen molar-refractivity contribution in [1.82, 2.24) is 9.97 Å². The van der Waals surface area contributed by atoms with E-state index in [0.717, 1.165) is 6.21 Å². The lowest BCUT2D eigenvalue weighted by Crippen LogP contribution is -2.23. The van der Waals surface area contributed by atoms with Gasteiger partial charge in [-0.25, -0.2) is 9.97 Å². The van der Waals surface area contributed by atoms with Crippen molar-refractivity contribution in [3.05, 3.63) is 46.9 Å². The number of nitriles is 1. The van der Waals surface area contributed by atoms with Gasteiger partial charge in [-0.05, 0) is 24.3 Å². The van der Waals surface area contributed by atoms with Crippen molar-refractivity contribution < 1.29 is 4.79 Å². The number of hydrogen-bond donors (Lipinski definition) is 3. The summed E-state index contributed by atoms with van der Waals surface area (Å²) in [5.74, 6) is -0.0418. The quantitative estimate of drug-likeness (QED) is 0.731. The summed E-state index contributed by atoms with van der Waals surface area (Å²) < 4.78 is 0. The molecule has 0 aliphatic carbocycles. The van der Waals surface area contributed by atoms with Gasteiger partial charge in [0.1, 0.15) is 10.8 Å². The lowest BCUT2D eigenvalue weighted by atomic mass is 10.2. The second-order valence-corrected chi connectivity index (χ2v) is 4.55. The van der Waals surface area contributed by atoms with Crippen molar-refractivity contribution in [2.45, 2.75) is 0 Å². The Kier molecular flexibility index (Phi) is 5.01. The summed E-state index contributed by atoms with van der Waals surface area (Å²) in [4.78, 5) is 19.7. The number of amides is 1. The van der Waals surface area contributed by atoms with Gasteiger partial charge in [0.2, 0.25) is 5.91 Å². The number of anilines is 2. The first-order valence-corrected chi connectivity index (χ1v) is 6.57. The van der Waals surface area contributed by atoms with Crippen molar-refractivity contribution in [2.75, 3.05) is 17.2 Å². The largest absolute Gasteiger partial charge is 0.359 e. The molecule has 22 heavy (non-hydrogen) atoms. The fourth-order valence-corrected chi connectivity index (χ4v) is 1.74. The topological polar surface area (TPSA) is 115 Å². The Bertz CT molecular complexity index is 738. The Hall–Kier alpha value is -2.98. The number of nitrogens with zero attached hydrogens (tertiary/aromatic N) is 3. The van der Waals surface area contributed by atoms with Crippen LogP contribution >= 0.6 is 11.6 Å². The molecule has 0 aliphatic heterocycles. The highest BCUT2D eigenvalue weighted by Gasteiger charge is 2.07. The van der Waals surface area contributed by atoms with E-state index in [2.05, 4.69) is 20.6 Å². The average Bonchev–Trinajstić information content (AvgIpc) is 2.54. The average molecular weight is 315 g/mol. The zero-order valence-electron chi connectivity index (χ0n) is 11.3. The van der Waals surface area contributed by atoms with Crippen LogP contribution in [0.15, 0.2) is 30.5 Å². The third kappa shape index (κ3) is 4.01. The van der Waals surface area contributed by atoms with Gasteiger partial charge < -0.3 is 16.0 Å². The van der Waals surface area contributed by atoms with Crippen LogP contribution in [-0.2, 0) is 4.79 Å². The smallest absolute Gasteiger partial charge is 0.243 e. The molecule has 0 spiro atoms. The van der Waals surface area contributed by atoms with Gasteiger partial charge in [-0.1, -0.05) is 11.6 Å². The van der Waals surface area contributed by atoms with Crippen molar-refractivity contribution in [2.24, 2.45) is 0 Å². The Morgan fingerprint density at radius 2 is 2.14 bits per heavy atom. The second-order valence-electron chi connectivity index (χ2n) is 4.16. The fourth-order valence-electron chi connectivity index (χ4n) is 1.61. The van der Waals surface area contributed by atoms with E-state index in [0.29, 0.717) is 11.3 Å². The minimum atomic E-state index is -0.303. The van der Waals surface area contributed by atoms with Crippen LogP contribution in [0.2, 0.25) is 5.15 Å². The van der Waals surface area contributed by atoms with Gasteiger partial charge in [-0.2, -0.15) is 5.26 Å². The monoisotopic (exact) mass is 314 g/mol. The maximum absolute atomic E-state index is 11.8. The van der Waals surface area contributed by atoms with Gasteiger partial charge in [0.25, 0.3) is 0 Å². The normalized spacial score (nSPS) is 9.64. The number of hydrogen-bond acceptors (Lipinski definition) is 6. The van der Waals surface area contributed by atoms with Crippen LogP contribution in [0.4, 0.5) is 11.5 Å². The fraction of sp³-hybridized carbons (Fsp3) is 0.0714. The summed E-state index contributed by atoms with van der Waals surface area (Å²) in [6, 6.07) is 8.49. The van der Waals surface area contributed by atoms with Gasteiger partial charge in [-0.15, -0.1) is 0 Å². The summed E-state index contributed by atoms with van der Waals surface area (Å²) in [6.07, 6.45) is 2.34. The van der Waals surface area contributed by atoms with Crippen LogP contribution < -0.4 is 10.6 Å². The first-order chi connectivity index (χ1) is 10.6. The Morgan fingerprint density at radius 3 is 2.77 bits per heavy atom. The Morgan fingerprint density at radius 1 is 1.41 bits per heavy atom. The summed E-state index contributed by atoms with van der Waals surface area (Å²) in [5.41, 5.74) is 1.38. The summed E-state index contributed by atoms with van der Waals surface area (Å²) in [6.45, 7) is -0.0597. The molecule has 0 radical (unpaired) electrons. The van der Waals surface area contributed by atoms with E-state index in [1.807, 2.05) is 6.07 Å². The van der Waals surface area contributed by atoms with Crippen LogP contribution in [0.1, 0.15) is 11.3 Å². The first kappa shape index (κ1) is 15.4. The molecule has 2 aromatic rings. The molecule has 0 saturated heterocycles. The van der Waals surface area contributed by atoms with Crippen molar-refractivity contribution in [3.8, 4) is 6.07 Å². The van der Waals surface area contributed by atoms with E-state index in [1.54, 1.807) is 24.3 Å². The number of carbonyl (C=O) groups is 1. The van der Waals surface area contributed by atoms with Crippen LogP contribution in [0, 0.1) is 16.7 Å². The molecule has 0 atom stereocenters. The van der Waals surface area contributed by atoms with Gasteiger partial charge in [0, 0.05) is 11.9 Å². The highest BCUT2D eigenvalue weighted by atomic mass is 35.5. The second kappa shape index (κ2) is 7.15. The van der Waals surface area contributed by atoms with Gasteiger partial charge in [0.15, 0.2) is 5.82 Å². The number of nitrogens with one attached hydrogen (secondary N) is 3. The molecule has 2 rings (SSSR count). The van der Waals surface area contributed by atoms with E-state index in [9.17, 15) is 4.79 Å². The first-order valence-electron chi connectivity index (χ1n) is 6.19. The summed E-state index contributed by atoms with van der Waals surface area (Å²) in [7, 11) is 0. The molecular formula is C14H11ClN6O. The predicted octanol–water partition coefficient (Wildman–Crippen LogP) is 2.05. The van der Waals surface area contributed by atoms with Crippen LogP contribution in [-0.4, -0.2) is 28.6 Å². The standard InChI is InChI=1S/C14H11ClN6O/c15-12-7-18-11(6-17)14(21-12)19-8-13(22)20-10-3-1-9(5-16)2-4-10/h1-4,6-7,17H,8H2,(H,19,21)(H,20,22). The highest BCUT2D eigenvalue weighted by Crippen LogP contribution is 2.12. The third-order valence-corrected chi connectivity index (χ3v) is 2.80. The van der Waals surface area contributed by atoms with Crippen LogP contribution in [0.3, 0.4) is 0 Å². The number of halogens is 1. The Labute approximate surface area is 131 Å². The molecule has 110 valence electrons. The Balaban J connectivity index is 1.96. The molecule has 0 aliphatic rings. The van der Waals surface area contributed by atoms with Crippen LogP contribution in [0.5, 0.6) is 0 Å². The van der Waals surface area contributed by atoms with E-state index >= 15 is 0 Å². The molecular weight excluding hydrogens is 304 g/mol. The zero-order chi connectivity index (χ0) is 15.9. The number of rotatable bonds is 5. The SMILES string of the molecule is N#Cc1ccc(NC(=O)CNc2nc(Cl)cnc2C=N)cc1. The molecule has 0 saturated carbocycles. The number of benzene rings is 1. The number of carbonyl (C=O) groups excluding carboxylic acids is 1. The lowest BCUT2D eigenvalue weighted by molar-refractivity contribution is -0.114. The molecule has 1 heterocycles. The molecule has 1 aromatic carbocycles. The molecule has 3 N–H and O–H groups in total. The summed E-state index contributed by atoms with van der Waals surface area (Å²) >= 11 is 5.73. The zero-order valence-corrected chi connectivity index (χ0v) is 12.1. The maximum atomic E-state index is 11.8. The van der Waals surface area contributed by atoms with Crippen molar-refractivity contribution in [1.29, 1.82) is 10.7 Å². The molecule has 0 unspecified atom stereocenters. The number of aromatic nitrogens is 2. The third-order valence-electron chi connectivity index (χ3n) is 2.62. The van der Waals surface area contributed by atoms with Crippen molar-refractivity contribution >= 4 is 35.2 Å². The molecule has 8 heteroatoms. The molecule has 1 aromatic heterocycles. The molecule has 7 nitrogen and oxygen atoms in total. The summed E-state index contributed by atoms with van der Waals surface area (Å²) in [5, 5.41) is 21.5. The maximum Gasteiger partial charge on any atom is 0.243 e. The van der Waals surface area contributed by atoms with E-state index in [1.165, 1.54) is 6.20 Å². The molecule has 1 amide bonds. The minimum Gasteiger partial charge on any atom is -0.359 e. The molecule has 0 bridgehead atoms. The van der Waals surface area contributed by atoms with Gasteiger partial charge >= 0.3 is 0 Å².